The second kappa shape index (κ2) is 11.7. The molecule has 1 aromatic carbocycles. The van der Waals surface area contributed by atoms with Gasteiger partial charge in [0.05, 0.1) is 18.7 Å². The maximum absolute atomic E-state index is 11.3. The highest BCUT2D eigenvalue weighted by atomic mass is 16.7. The summed E-state index contributed by atoms with van der Waals surface area (Å²) in [6.45, 7) is 3.03. The number of ether oxygens (including phenoxy) is 3. The first-order chi connectivity index (χ1) is 21.2. The Bertz CT molecular complexity index is 1350. The van der Waals surface area contributed by atoms with Gasteiger partial charge in [-0.1, -0.05) is 13.3 Å². The number of hydrogen-bond donors (Lipinski definition) is 8. The number of fused-ring (bicyclic) bond motifs is 4. The molecule has 8 N–H and O–H groups in total. The summed E-state index contributed by atoms with van der Waals surface area (Å²) in [5.74, 6) is 1.52. The normalized spacial score (nSPS) is 45.2. The van der Waals surface area contributed by atoms with Crippen molar-refractivity contribution in [2.45, 2.75) is 106 Å². The summed E-state index contributed by atoms with van der Waals surface area (Å²) in [7, 11) is 0. The third-order valence-electron chi connectivity index (χ3n) is 10.9. The zero-order chi connectivity index (χ0) is 31.0. The molecule has 0 spiro atoms. The summed E-state index contributed by atoms with van der Waals surface area (Å²) >= 11 is 0. The van der Waals surface area contributed by atoms with Crippen LogP contribution in [0.2, 0.25) is 0 Å². The molecule has 5 fully saturated rings. The highest BCUT2D eigenvalue weighted by Crippen LogP contribution is 2.53. The monoisotopic (exact) mass is 620 g/mol. The van der Waals surface area contributed by atoms with Gasteiger partial charge in [-0.05, 0) is 54.9 Å². The standard InChI is InChI=1S/C31H44N2O11/c1-2-14-7-13-8-18-22(14)32(10-13)6-5-16-17-9-15(42-31-29(41)27(39)25(37)21(12-35)44-31)3-4-19(17)33(23(16)18)30-28(40)26(38)24(36)20(11-34)43-30/h3-4,9,13-14,18,20-22,24-31,34-41H,2,5-8,10-12H2,1H3/t13-,14-,18+,20-,21?,22?,24+,25+,26-,27-,28?,29?,30-,31-/m0/s1. The predicted molar refractivity (Wildman–Crippen MR) is 154 cm³/mol. The molecule has 2 aromatic rings. The van der Waals surface area contributed by atoms with E-state index in [9.17, 15) is 40.9 Å². The third-order valence-corrected chi connectivity index (χ3v) is 10.9. The number of rotatable bonds is 6. The van der Waals surface area contributed by atoms with Crippen LogP contribution in [0.1, 0.15) is 49.6 Å². The van der Waals surface area contributed by atoms with Gasteiger partial charge >= 0.3 is 0 Å². The smallest absolute Gasteiger partial charge is 0.229 e. The summed E-state index contributed by atoms with van der Waals surface area (Å²) in [6.07, 6.45) is -9.75. The van der Waals surface area contributed by atoms with Crippen molar-refractivity contribution in [1.29, 1.82) is 0 Å². The van der Waals surface area contributed by atoms with E-state index < -0.39 is 74.6 Å². The van der Waals surface area contributed by atoms with Crippen molar-refractivity contribution in [1.82, 2.24) is 9.47 Å². The minimum absolute atomic E-state index is 0.138. The zero-order valence-corrected chi connectivity index (χ0v) is 24.7. The van der Waals surface area contributed by atoms with Gasteiger partial charge in [-0.15, -0.1) is 0 Å². The largest absolute Gasteiger partial charge is 0.462 e. The molecule has 6 heterocycles. The van der Waals surface area contributed by atoms with Crippen molar-refractivity contribution in [2.75, 3.05) is 26.3 Å². The van der Waals surface area contributed by atoms with Crippen LogP contribution >= 0.6 is 0 Å². The number of aliphatic hydroxyl groups excluding tert-OH is 8. The number of nitrogens with zero attached hydrogens (tertiary/aromatic N) is 2. The first-order valence-corrected chi connectivity index (χ1v) is 15.8. The maximum Gasteiger partial charge on any atom is 0.229 e. The molecule has 1 saturated carbocycles. The average Bonchev–Trinajstić information content (AvgIpc) is 3.29. The maximum atomic E-state index is 11.3. The summed E-state index contributed by atoms with van der Waals surface area (Å²) in [5, 5.41) is 84.0. The van der Waals surface area contributed by atoms with Gasteiger partial charge in [0, 0.05) is 36.1 Å². The van der Waals surface area contributed by atoms with Gasteiger partial charge < -0.3 is 59.6 Å². The molecule has 0 radical (unpaired) electrons. The van der Waals surface area contributed by atoms with E-state index in [0.29, 0.717) is 23.6 Å². The van der Waals surface area contributed by atoms with Gasteiger partial charge in [-0.25, -0.2) is 0 Å². The van der Waals surface area contributed by atoms with Crippen LogP contribution < -0.4 is 4.74 Å². The molecule has 8 rings (SSSR count). The lowest BCUT2D eigenvalue weighted by Crippen LogP contribution is -2.60. The van der Waals surface area contributed by atoms with Gasteiger partial charge in [0.2, 0.25) is 6.29 Å². The van der Waals surface area contributed by atoms with Crippen LogP contribution in [0.4, 0.5) is 0 Å². The second-order valence-electron chi connectivity index (χ2n) is 13.3. The molecule has 0 amide bonds. The third kappa shape index (κ3) is 4.71. The van der Waals surface area contributed by atoms with Gasteiger partial charge in [-0.3, -0.25) is 4.90 Å². The van der Waals surface area contributed by atoms with Crippen LogP contribution in [0.15, 0.2) is 18.2 Å². The number of benzene rings is 1. The summed E-state index contributed by atoms with van der Waals surface area (Å²) in [4.78, 5) is 2.59. The highest BCUT2D eigenvalue weighted by molar-refractivity contribution is 5.87. The number of hydrogen-bond acceptors (Lipinski definition) is 12. The SMILES string of the molecule is CC[C@H]1C[C@H]2C[C@H]3c4c(c5cc(O[C@H]6OC(CO)[C@@H](O)[C@H](O)C6O)ccc5n4[C@H]4O[C@@H](CO)[C@@H](O)[C@H](O)C4O)CCN(C2)C13. The lowest BCUT2D eigenvalue weighted by molar-refractivity contribution is -0.277. The zero-order valence-electron chi connectivity index (χ0n) is 24.7. The lowest BCUT2D eigenvalue weighted by Gasteiger charge is -2.54. The van der Waals surface area contributed by atoms with Crippen molar-refractivity contribution < 1.29 is 55.1 Å². The molecule has 244 valence electrons. The Kier molecular flexibility index (Phi) is 8.20. The average molecular weight is 621 g/mol. The van der Waals surface area contributed by atoms with E-state index in [1.807, 2.05) is 10.6 Å². The van der Waals surface area contributed by atoms with Crippen molar-refractivity contribution in [3.05, 3.63) is 29.5 Å². The molecule has 1 aliphatic carbocycles. The van der Waals surface area contributed by atoms with Crippen LogP contribution in [0.3, 0.4) is 0 Å². The van der Waals surface area contributed by atoms with Gasteiger partial charge in [0.1, 0.15) is 54.6 Å². The Morgan fingerprint density at radius 1 is 0.864 bits per heavy atom. The predicted octanol–water partition coefficient (Wildman–Crippen LogP) is -1.45. The van der Waals surface area contributed by atoms with E-state index in [1.54, 1.807) is 12.1 Å². The van der Waals surface area contributed by atoms with Gasteiger partial charge in [0.25, 0.3) is 0 Å². The van der Waals surface area contributed by atoms with Crippen LogP contribution in [0.25, 0.3) is 10.9 Å². The fourth-order valence-corrected chi connectivity index (χ4v) is 8.81. The Balaban J connectivity index is 1.34. The van der Waals surface area contributed by atoms with Crippen molar-refractivity contribution in [3.63, 3.8) is 0 Å². The van der Waals surface area contributed by atoms with Crippen LogP contribution in [-0.4, -0.2) is 138 Å². The molecular weight excluding hydrogens is 576 g/mol. The van der Waals surface area contributed by atoms with E-state index >= 15 is 0 Å². The van der Waals surface area contributed by atoms with E-state index in [-0.39, 0.29) is 5.92 Å². The van der Waals surface area contributed by atoms with E-state index in [0.717, 1.165) is 54.5 Å². The van der Waals surface area contributed by atoms with Crippen molar-refractivity contribution >= 4 is 10.9 Å². The number of aromatic nitrogens is 1. The first-order valence-electron chi connectivity index (χ1n) is 15.8. The molecular formula is C31H44N2O11. The topological polar surface area (TPSA) is 198 Å². The Hall–Kier alpha value is -1.88. The fourth-order valence-electron chi connectivity index (χ4n) is 8.81. The Labute approximate surface area is 254 Å². The fraction of sp³-hybridized carbons (Fsp3) is 0.742. The van der Waals surface area contributed by atoms with Crippen LogP contribution in [-0.2, 0) is 15.9 Å². The first kappa shape index (κ1) is 30.8. The van der Waals surface area contributed by atoms with Crippen molar-refractivity contribution in [2.24, 2.45) is 11.8 Å². The molecule has 13 nitrogen and oxygen atoms in total. The van der Waals surface area contributed by atoms with E-state index in [1.165, 1.54) is 6.42 Å². The summed E-state index contributed by atoms with van der Waals surface area (Å²) in [5.41, 5.74) is 2.80. The second-order valence-corrected chi connectivity index (χ2v) is 13.3. The minimum Gasteiger partial charge on any atom is -0.462 e. The molecule has 44 heavy (non-hydrogen) atoms. The van der Waals surface area contributed by atoms with Gasteiger partial charge in [0.15, 0.2) is 6.23 Å². The molecule has 13 heteroatoms. The molecule has 1 aromatic heterocycles. The van der Waals surface area contributed by atoms with Gasteiger partial charge in [-0.2, -0.15) is 0 Å². The quantitative estimate of drug-likeness (QED) is 0.187. The molecule has 6 aliphatic rings. The number of piperidine rings is 2. The van der Waals surface area contributed by atoms with E-state index in [4.69, 9.17) is 14.2 Å². The Morgan fingerprint density at radius 3 is 2.27 bits per heavy atom. The molecule has 5 aliphatic heterocycles. The molecule has 15 atom stereocenters. The molecule has 4 saturated heterocycles. The lowest BCUT2D eigenvalue weighted by atomic mass is 9.65. The van der Waals surface area contributed by atoms with E-state index in [2.05, 4.69) is 11.8 Å². The summed E-state index contributed by atoms with van der Waals surface area (Å²) in [6, 6.07) is 5.60. The van der Waals surface area contributed by atoms with Crippen molar-refractivity contribution in [3.8, 4) is 5.75 Å². The number of aliphatic hydroxyl groups is 8. The molecule has 4 bridgehead atoms. The highest BCUT2D eigenvalue weighted by Gasteiger charge is 2.52. The minimum atomic E-state index is -1.58. The molecule has 5 unspecified atom stereocenters. The Morgan fingerprint density at radius 2 is 1.57 bits per heavy atom. The van der Waals surface area contributed by atoms with Crippen LogP contribution in [0, 0.1) is 11.8 Å². The summed E-state index contributed by atoms with van der Waals surface area (Å²) < 4.78 is 19.7. The van der Waals surface area contributed by atoms with Crippen LogP contribution in [0.5, 0.6) is 5.75 Å².